The Hall–Kier alpha value is -1.82. The summed E-state index contributed by atoms with van der Waals surface area (Å²) < 4.78 is 0. The summed E-state index contributed by atoms with van der Waals surface area (Å²) in [7, 11) is 0. The lowest BCUT2D eigenvalue weighted by atomic mass is 10.3. The summed E-state index contributed by atoms with van der Waals surface area (Å²) in [6.07, 6.45) is -1.37. The van der Waals surface area contributed by atoms with Crippen molar-refractivity contribution >= 4 is 29.1 Å². The SMILES string of the molecule is O=C(O)Nc1ccc(Cl)cc1[N+](=O)[O-]. The van der Waals surface area contributed by atoms with Crippen molar-refractivity contribution in [2.75, 3.05) is 5.32 Å². The van der Waals surface area contributed by atoms with Crippen LogP contribution in [-0.2, 0) is 0 Å². The first-order valence-corrected chi connectivity index (χ1v) is 3.82. The van der Waals surface area contributed by atoms with Crippen molar-refractivity contribution < 1.29 is 14.8 Å². The zero-order valence-corrected chi connectivity index (χ0v) is 7.49. The third-order valence-corrected chi connectivity index (χ3v) is 1.63. The second-order valence-corrected chi connectivity index (χ2v) is 2.79. The van der Waals surface area contributed by atoms with Gasteiger partial charge in [0, 0.05) is 11.1 Å². The molecular weight excluding hydrogens is 212 g/mol. The predicted molar refractivity (Wildman–Crippen MR) is 49.8 cm³/mol. The van der Waals surface area contributed by atoms with Gasteiger partial charge < -0.3 is 5.11 Å². The molecule has 0 heterocycles. The van der Waals surface area contributed by atoms with Crippen LogP contribution in [0.4, 0.5) is 16.2 Å². The summed E-state index contributed by atoms with van der Waals surface area (Å²) in [5, 5.41) is 20.9. The van der Waals surface area contributed by atoms with Gasteiger partial charge in [-0.2, -0.15) is 0 Å². The van der Waals surface area contributed by atoms with Gasteiger partial charge in [-0.15, -0.1) is 0 Å². The molecule has 0 saturated carbocycles. The molecule has 14 heavy (non-hydrogen) atoms. The van der Waals surface area contributed by atoms with E-state index in [2.05, 4.69) is 0 Å². The number of nitrogens with zero attached hydrogens (tertiary/aromatic N) is 1. The van der Waals surface area contributed by atoms with E-state index in [1.165, 1.54) is 12.1 Å². The Morgan fingerprint density at radius 2 is 2.21 bits per heavy atom. The van der Waals surface area contributed by atoms with Crippen LogP contribution in [0.1, 0.15) is 0 Å². The maximum atomic E-state index is 10.5. The van der Waals surface area contributed by atoms with Gasteiger partial charge in [-0.25, -0.2) is 4.79 Å². The van der Waals surface area contributed by atoms with E-state index in [0.717, 1.165) is 6.07 Å². The van der Waals surface area contributed by atoms with Crippen molar-refractivity contribution in [2.45, 2.75) is 0 Å². The first-order valence-electron chi connectivity index (χ1n) is 3.44. The molecular formula is C7H5ClN2O4. The molecule has 0 atom stereocenters. The number of nitro benzene ring substituents is 1. The monoisotopic (exact) mass is 216 g/mol. The van der Waals surface area contributed by atoms with Gasteiger partial charge in [0.25, 0.3) is 5.69 Å². The molecule has 0 radical (unpaired) electrons. The summed E-state index contributed by atoms with van der Waals surface area (Å²) in [6.45, 7) is 0. The van der Waals surface area contributed by atoms with E-state index in [-0.39, 0.29) is 16.4 Å². The summed E-state index contributed by atoms with van der Waals surface area (Å²) in [5.74, 6) is 0. The highest BCUT2D eigenvalue weighted by atomic mass is 35.5. The van der Waals surface area contributed by atoms with Gasteiger partial charge in [-0.05, 0) is 12.1 Å². The maximum absolute atomic E-state index is 10.5. The Morgan fingerprint density at radius 3 is 2.71 bits per heavy atom. The van der Waals surface area contributed by atoms with Crippen molar-refractivity contribution in [1.29, 1.82) is 0 Å². The van der Waals surface area contributed by atoms with Crippen LogP contribution < -0.4 is 5.32 Å². The lowest BCUT2D eigenvalue weighted by Gasteiger charge is -2.01. The third-order valence-electron chi connectivity index (χ3n) is 1.40. The van der Waals surface area contributed by atoms with E-state index >= 15 is 0 Å². The topological polar surface area (TPSA) is 92.5 Å². The maximum Gasteiger partial charge on any atom is 0.409 e. The van der Waals surface area contributed by atoms with Gasteiger partial charge in [-0.1, -0.05) is 11.6 Å². The molecule has 0 fully saturated rings. The van der Waals surface area contributed by atoms with E-state index in [9.17, 15) is 14.9 Å². The van der Waals surface area contributed by atoms with Crippen LogP contribution in [0.3, 0.4) is 0 Å². The number of nitrogens with one attached hydrogen (secondary N) is 1. The van der Waals surface area contributed by atoms with Crippen LogP contribution in [0, 0.1) is 10.1 Å². The quantitative estimate of drug-likeness (QED) is 0.586. The normalized spacial score (nSPS) is 9.50. The predicted octanol–water partition coefficient (Wildman–Crippen LogP) is 2.34. The van der Waals surface area contributed by atoms with E-state index < -0.39 is 11.0 Å². The standard InChI is InChI=1S/C7H5ClN2O4/c8-4-1-2-5(9-7(11)12)6(3-4)10(13)14/h1-3,9H,(H,11,12). The lowest BCUT2D eigenvalue weighted by molar-refractivity contribution is -0.383. The Labute approximate surface area is 83.3 Å². The summed E-state index contributed by atoms with van der Waals surface area (Å²) in [6, 6.07) is 3.67. The van der Waals surface area contributed by atoms with Crippen molar-refractivity contribution in [3.63, 3.8) is 0 Å². The van der Waals surface area contributed by atoms with E-state index in [0.29, 0.717) is 0 Å². The minimum absolute atomic E-state index is 0.105. The second-order valence-electron chi connectivity index (χ2n) is 2.35. The number of hydrogen-bond acceptors (Lipinski definition) is 3. The number of carbonyl (C=O) groups is 1. The van der Waals surface area contributed by atoms with Gasteiger partial charge in [-0.3, -0.25) is 15.4 Å². The minimum Gasteiger partial charge on any atom is -0.465 e. The van der Waals surface area contributed by atoms with E-state index in [4.69, 9.17) is 16.7 Å². The van der Waals surface area contributed by atoms with E-state index in [1.54, 1.807) is 0 Å². The molecule has 0 aliphatic rings. The Morgan fingerprint density at radius 1 is 1.57 bits per heavy atom. The zero-order chi connectivity index (χ0) is 10.7. The minimum atomic E-state index is -1.37. The largest absolute Gasteiger partial charge is 0.465 e. The molecule has 1 amide bonds. The Bertz CT molecular complexity index is 393. The van der Waals surface area contributed by atoms with Crippen molar-refractivity contribution in [3.8, 4) is 0 Å². The molecule has 1 rings (SSSR count). The van der Waals surface area contributed by atoms with Crippen LogP contribution in [0.15, 0.2) is 18.2 Å². The molecule has 6 nitrogen and oxygen atoms in total. The summed E-state index contributed by atoms with van der Waals surface area (Å²) in [4.78, 5) is 20.0. The second kappa shape index (κ2) is 3.93. The fourth-order valence-corrected chi connectivity index (χ4v) is 1.04. The molecule has 0 aromatic heterocycles. The molecule has 0 aliphatic heterocycles. The van der Waals surface area contributed by atoms with E-state index in [1.807, 2.05) is 5.32 Å². The zero-order valence-electron chi connectivity index (χ0n) is 6.73. The average Bonchev–Trinajstić information content (AvgIpc) is 2.07. The van der Waals surface area contributed by atoms with Crippen molar-refractivity contribution in [3.05, 3.63) is 33.3 Å². The summed E-state index contributed by atoms with van der Waals surface area (Å²) in [5.41, 5.74) is -0.480. The molecule has 7 heteroatoms. The van der Waals surface area contributed by atoms with Crippen LogP contribution >= 0.6 is 11.6 Å². The molecule has 0 spiro atoms. The van der Waals surface area contributed by atoms with Gasteiger partial charge in [0.2, 0.25) is 0 Å². The smallest absolute Gasteiger partial charge is 0.409 e. The van der Waals surface area contributed by atoms with Crippen molar-refractivity contribution in [2.24, 2.45) is 0 Å². The molecule has 0 bridgehead atoms. The molecule has 0 unspecified atom stereocenters. The number of hydrogen-bond donors (Lipinski definition) is 2. The molecule has 1 aromatic carbocycles. The van der Waals surface area contributed by atoms with Crippen molar-refractivity contribution in [1.82, 2.24) is 0 Å². The average molecular weight is 217 g/mol. The first-order chi connectivity index (χ1) is 6.50. The van der Waals surface area contributed by atoms with Crippen LogP contribution in [0.2, 0.25) is 5.02 Å². The number of halogens is 1. The van der Waals surface area contributed by atoms with Crippen LogP contribution in [0.5, 0.6) is 0 Å². The fraction of sp³-hybridized carbons (Fsp3) is 0. The van der Waals surface area contributed by atoms with Gasteiger partial charge in [0.05, 0.1) is 4.92 Å². The van der Waals surface area contributed by atoms with Gasteiger partial charge in [0.1, 0.15) is 5.69 Å². The molecule has 74 valence electrons. The molecule has 0 aliphatic carbocycles. The van der Waals surface area contributed by atoms with Crippen LogP contribution in [-0.4, -0.2) is 16.1 Å². The number of anilines is 1. The molecule has 0 saturated heterocycles. The number of amides is 1. The number of rotatable bonds is 2. The first kappa shape index (κ1) is 10.3. The highest BCUT2D eigenvalue weighted by Crippen LogP contribution is 2.27. The number of carboxylic acid groups (broad SMARTS) is 1. The third kappa shape index (κ3) is 2.33. The highest BCUT2D eigenvalue weighted by molar-refractivity contribution is 6.31. The Balaban J connectivity index is 3.14. The number of benzene rings is 1. The lowest BCUT2D eigenvalue weighted by Crippen LogP contribution is -2.08. The fourth-order valence-electron chi connectivity index (χ4n) is 0.877. The van der Waals surface area contributed by atoms with Gasteiger partial charge in [0.15, 0.2) is 0 Å². The van der Waals surface area contributed by atoms with Gasteiger partial charge >= 0.3 is 6.09 Å². The molecule has 1 aromatic rings. The Kier molecular flexibility index (Phi) is 2.88. The summed E-state index contributed by atoms with van der Waals surface area (Å²) >= 11 is 5.52. The number of nitro groups is 1. The highest BCUT2D eigenvalue weighted by Gasteiger charge is 2.15. The van der Waals surface area contributed by atoms with Crippen LogP contribution in [0.25, 0.3) is 0 Å². The molecule has 2 N–H and O–H groups in total.